The van der Waals surface area contributed by atoms with E-state index < -0.39 is 17.0 Å². The van der Waals surface area contributed by atoms with Crippen molar-refractivity contribution in [3.8, 4) is 0 Å². The summed E-state index contributed by atoms with van der Waals surface area (Å²) in [5, 5.41) is 7.67. The number of carbonyl (C=O) groups excluding carboxylic acids is 1. The fourth-order valence-electron chi connectivity index (χ4n) is 2.83. The smallest absolute Gasteiger partial charge is 0.288 e. The summed E-state index contributed by atoms with van der Waals surface area (Å²) in [4.78, 5) is 20.6. The predicted molar refractivity (Wildman–Crippen MR) is 111 cm³/mol. The van der Waals surface area contributed by atoms with Gasteiger partial charge in [0.05, 0.1) is 16.6 Å². The molecule has 160 valence electrons. The molecule has 0 unspecified atom stereocenters. The lowest BCUT2D eigenvalue weighted by Gasteiger charge is -2.10. The Bertz CT molecular complexity index is 1300. The number of amides is 1. The number of alkyl halides is 3. The molecule has 0 bridgehead atoms. The molecule has 0 aliphatic heterocycles. The van der Waals surface area contributed by atoms with E-state index in [9.17, 15) is 13.6 Å². The van der Waals surface area contributed by atoms with Crippen LogP contribution in [-0.2, 0) is 11.9 Å². The number of aryl methyl sites for hydroxylation is 1. The van der Waals surface area contributed by atoms with Gasteiger partial charge < -0.3 is 0 Å². The molecular formula is C18H12Cl3F2N7O. The van der Waals surface area contributed by atoms with Crippen LogP contribution in [0.3, 0.4) is 0 Å². The third-order valence-electron chi connectivity index (χ3n) is 4.17. The highest BCUT2D eigenvalue weighted by molar-refractivity contribution is 6.42. The molecule has 3 heterocycles. The number of nitrogens with one attached hydrogen (secondary N) is 1. The van der Waals surface area contributed by atoms with Crippen LogP contribution >= 0.6 is 34.8 Å². The molecule has 0 aliphatic carbocycles. The maximum atomic E-state index is 13.7. The highest BCUT2D eigenvalue weighted by atomic mass is 35.5. The second-order valence-corrected chi connectivity index (χ2v) is 7.84. The maximum Gasteiger partial charge on any atom is 0.364 e. The van der Waals surface area contributed by atoms with E-state index >= 15 is 0 Å². The molecule has 31 heavy (non-hydrogen) atoms. The summed E-state index contributed by atoms with van der Waals surface area (Å²) in [6.07, 6.45) is 1.42. The molecule has 0 saturated carbocycles. The second-order valence-electron chi connectivity index (χ2n) is 6.55. The largest absolute Gasteiger partial charge is 0.364 e. The molecule has 1 N–H and O–H groups in total. The zero-order valence-corrected chi connectivity index (χ0v) is 17.9. The van der Waals surface area contributed by atoms with Gasteiger partial charge in [-0.05, 0) is 42.3 Å². The van der Waals surface area contributed by atoms with E-state index in [1.165, 1.54) is 24.0 Å². The van der Waals surface area contributed by atoms with Crippen molar-refractivity contribution in [2.45, 2.75) is 18.9 Å². The Morgan fingerprint density at radius 2 is 1.94 bits per heavy atom. The Balaban J connectivity index is 1.53. The normalized spacial score (nSPS) is 11.8. The average Bonchev–Trinajstić information content (AvgIpc) is 3.30. The summed E-state index contributed by atoms with van der Waals surface area (Å²) in [7, 11) is 0. The van der Waals surface area contributed by atoms with Crippen molar-refractivity contribution in [2.24, 2.45) is 0 Å². The Morgan fingerprint density at radius 3 is 2.65 bits per heavy atom. The van der Waals surface area contributed by atoms with Gasteiger partial charge in [-0.3, -0.25) is 10.1 Å². The third-order valence-corrected chi connectivity index (χ3v) is 5.10. The van der Waals surface area contributed by atoms with Crippen LogP contribution in [0.4, 0.5) is 14.7 Å². The number of hydrogen-bond donors (Lipinski definition) is 1. The molecule has 1 amide bonds. The van der Waals surface area contributed by atoms with Crippen molar-refractivity contribution >= 4 is 52.3 Å². The minimum atomic E-state index is -3.68. The molecule has 0 radical (unpaired) electrons. The number of aromatic nitrogens is 6. The Labute approximate surface area is 188 Å². The van der Waals surface area contributed by atoms with E-state index in [1.807, 2.05) is 0 Å². The monoisotopic (exact) mass is 485 g/mol. The van der Waals surface area contributed by atoms with Gasteiger partial charge in [0.2, 0.25) is 5.95 Å². The van der Waals surface area contributed by atoms with Crippen molar-refractivity contribution in [3.63, 3.8) is 0 Å². The Hall–Kier alpha value is -2.82. The van der Waals surface area contributed by atoms with Crippen molar-refractivity contribution in [2.75, 3.05) is 5.32 Å². The highest BCUT2D eigenvalue weighted by Crippen LogP contribution is 2.32. The summed E-state index contributed by atoms with van der Waals surface area (Å²) in [6.45, 7) is 1.87. The number of nitrogens with zero attached hydrogens (tertiary/aromatic N) is 6. The first-order valence-electron chi connectivity index (χ1n) is 8.69. The van der Waals surface area contributed by atoms with Gasteiger partial charge in [-0.1, -0.05) is 29.3 Å². The van der Waals surface area contributed by atoms with Crippen LogP contribution in [-0.4, -0.2) is 35.3 Å². The van der Waals surface area contributed by atoms with Gasteiger partial charge in [0.25, 0.3) is 5.91 Å². The first kappa shape index (κ1) is 21.4. The number of fused-ring (bicyclic) bond motifs is 1. The molecule has 13 heteroatoms. The van der Waals surface area contributed by atoms with Crippen molar-refractivity contribution < 1.29 is 13.6 Å². The third kappa shape index (κ3) is 4.60. The molecule has 0 aliphatic rings. The molecule has 0 fully saturated rings. The minimum Gasteiger partial charge on any atom is -0.288 e. The zero-order chi connectivity index (χ0) is 22.3. The van der Waals surface area contributed by atoms with E-state index in [0.29, 0.717) is 22.3 Å². The van der Waals surface area contributed by atoms with Gasteiger partial charge >= 0.3 is 5.38 Å². The first-order valence-corrected chi connectivity index (χ1v) is 9.83. The fourth-order valence-corrected chi connectivity index (χ4v) is 3.29. The molecule has 4 rings (SSSR count). The maximum absolute atomic E-state index is 13.7. The summed E-state index contributed by atoms with van der Waals surface area (Å²) in [5.41, 5.74) is 0.435. The van der Waals surface area contributed by atoms with E-state index in [0.717, 1.165) is 16.1 Å². The summed E-state index contributed by atoms with van der Waals surface area (Å²) < 4.78 is 29.7. The van der Waals surface area contributed by atoms with Gasteiger partial charge in [0.1, 0.15) is 12.0 Å². The average molecular weight is 487 g/mol. The lowest BCUT2D eigenvalue weighted by molar-refractivity contribution is 0.0868. The SMILES string of the molecule is Cc1cc(C(F)(F)Cl)n2nc(C(=O)Nc3ncn(Cc4ccc(Cl)c(Cl)c4)n3)cc2n1. The molecule has 0 saturated heterocycles. The van der Waals surface area contributed by atoms with Gasteiger partial charge in [-0.25, -0.2) is 19.2 Å². The van der Waals surface area contributed by atoms with E-state index in [1.54, 1.807) is 18.2 Å². The number of carbonyl (C=O) groups is 1. The van der Waals surface area contributed by atoms with Gasteiger partial charge in [-0.2, -0.15) is 13.9 Å². The van der Waals surface area contributed by atoms with Crippen LogP contribution < -0.4 is 5.32 Å². The lowest BCUT2D eigenvalue weighted by atomic mass is 10.2. The molecular weight excluding hydrogens is 475 g/mol. The van der Waals surface area contributed by atoms with Crippen molar-refractivity contribution in [3.05, 3.63) is 69.3 Å². The standard InChI is InChI=1S/C18H12Cl3F2N7O/c1-9-4-14(18(21,22)23)30-15(25-9)6-13(27-30)16(31)26-17-24-8-29(28-17)7-10-2-3-11(19)12(20)5-10/h2-6,8H,7H2,1H3,(H,26,28,31). The second kappa shape index (κ2) is 8.03. The zero-order valence-electron chi connectivity index (χ0n) is 15.7. The summed E-state index contributed by atoms with van der Waals surface area (Å²) >= 11 is 17.1. The highest BCUT2D eigenvalue weighted by Gasteiger charge is 2.32. The van der Waals surface area contributed by atoms with Crippen LogP contribution in [0.1, 0.15) is 27.4 Å². The quantitative estimate of drug-likeness (QED) is 0.419. The van der Waals surface area contributed by atoms with E-state index in [4.69, 9.17) is 34.8 Å². The van der Waals surface area contributed by atoms with Crippen LogP contribution in [0.2, 0.25) is 10.0 Å². The van der Waals surface area contributed by atoms with Crippen molar-refractivity contribution in [1.82, 2.24) is 29.4 Å². The fraction of sp³-hybridized carbons (Fsp3) is 0.167. The molecule has 0 spiro atoms. The predicted octanol–water partition coefficient (Wildman–Crippen LogP) is 4.52. The van der Waals surface area contributed by atoms with Gasteiger partial charge in [-0.15, -0.1) is 5.10 Å². The Kier molecular flexibility index (Phi) is 5.54. The topological polar surface area (TPSA) is 90.0 Å². The number of halogens is 5. The summed E-state index contributed by atoms with van der Waals surface area (Å²) in [5.74, 6) is -0.687. The Morgan fingerprint density at radius 1 is 1.16 bits per heavy atom. The molecule has 8 nitrogen and oxygen atoms in total. The number of hydrogen-bond acceptors (Lipinski definition) is 5. The van der Waals surface area contributed by atoms with E-state index in [2.05, 4.69) is 25.5 Å². The van der Waals surface area contributed by atoms with Crippen LogP contribution in [0.15, 0.2) is 36.7 Å². The minimum absolute atomic E-state index is 0.00848. The number of benzene rings is 1. The molecule has 0 atom stereocenters. The molecule has 3 aromatic heterocycles. The van der Waals surface area contributed by atoms with Crippen molar-refractivity contribution in [1.29, 1.82) is 0 Å². The number of rotatable bonds is 5. The van der Waals surface area contributed by atoms with Crippen LogP contribution in [0, 0.1) is 6.92 Å². The van der Waals surface area contributed by atoms with Gasteiger partial charge in [0.15, 0.2) is 11.3 Å². The molecule has 1 aromatic carbocycles. The number of anilines is 1. The lowest BCUT2D eigenvalue weighted by Crippen LogP contribution is -2.16. The van der Waals surface area contributed by atoms with Gasteiger partial charge in [0, 0.05) is 11.8 Å². The molecule has 4 aromatic rings. The van der Waals surface area contributed by atoms with Crippen LogP contribution in [0.25, 0.3) is 5.65 Å². The first-order chi connectivity index (χ1) is 14.6. The van der Waals surface area contributed by atoms with Crippen LogP contribution in [0.5, 0.6) is 0 Å². The summed E-state index contributed by atoms with van der Waals surface area (Å²) in [6, 6.07) is 7.50. The van der Waals surface area contributed by atoms with E-state index in [-0.39, 0.29) is 17.3 Å².